The van der Waals surface area contributed by atoms with Gasteiger partial charge in [-0.15, -0.1) is 21.5 Å². The molecule has 180 valence electrons. The van der Waals surface area contributed by atoms with E-state index in [0.29, 0.717) is 16.5 Å². The molecule has 7 nitrogen and oxygen atoms in total. The molecular formula is C24H34N4O3S2. The topological polar surface area (TPSA) is 86.1 Å². The van der Waals surface area contributed by atoms with Crippen molar-refractivity contribution < 1.29 is 14.3 Å². The lowest BCUT2D eigenvalue weighted by molar-refractivity contribution is -0.113. The van der Waals surface area contributed by atoms with Gasteiger partial charge in [-0.1, -0.05) is 50.3 Å². The summed E-state index contributed by atoms with van der Waals surface area (Å²) in [6.45, 7) is 2.89. The predicted octanol–water partition coefficient (Wildman–Crippen LogP) is 5.27. The van der Waals surface area contributed by atoms with Gasteiger partial charge >= 0.3 is 5.97 Å². The van der Waals surface area contributed by atoms with Gasteiger partial charge in [-0.05, 0) is 44.1 Å². The second-order valence-electron chi connectivity index (χ2n) is 8.95. The zero-order chi connectivity index (χ0) is 23.2. The number of fused-ring (bicyclic) bond motifs is 1. The number of hydrogen-bond acceptors (Lipinski definition) is 7. The van der Waals surface area contributed by atoms with Crippen LogP contribution in [0.25, 0.3) is 0 Å². The van der Waals surface area contributed by atoms with E-state index in [1.807, 2.05) is 0 Å². The van der Waals surface area contributed by atoms with Gasteiger partial charge in [0, 0.05) is 17.8 Å². The van der Waals surface area contributed by atoms with Gasteiger partial charge in [0.1, 0.15) is 10.8 Å². The SMILES string of the molecule is CCn1c(CC2CCCCC2)nnc1SCC(=O)Nc1sc2c(c1C(=O)OC)CCCCC2. The van der Waals surface area contributed by atoms with Crippen molar-refractivity contribution >= 4 is 40.0 Å². The molecule has 1 amide bonds. The first kappa shape index (κ1) is 24.3. The number of carbonyl (C=O) groups is 2. The van der Waals surface area contributed by atoms with E-state index in [9.17, 15) is 9.59 Å². The number of aromatic nitrogens is 3. The molecule has 2 aromatic rings. The average Bonchev–Trinajstić information content (AvgIpc) is 3.29. The normalized spacial score (nSPS) is 16.8. The maximum absolute atomic E-state index is 12.8. The molecule has 1 fully saturated rings. The third kappa shape index (κ3) is 5.80. The quantitative estimate of drug-likeness (QED) is 0.308. The van der Waals surface area contributed by atoms with E-state index in [2.05, 4.69) is 27.0 Å². The zero-order valence-corrected chi connectivity index (χ0v) is 21.3. The van der Waals surface area contributed by atoms with Crippen LogP contribution >= 0.6 is 23.1 Å². The highest BCUT2D eigenvalue weighted by Gasteiger charge is 2.26. The molecule has 9 heteroatoms. The minimum atomic E-state index is -0.365. The van der Waals surface area contributed by atoms with Crippen molar-refractivity contribution in [2.45, 2.75) is 89.3 Å². The van der Waals surface area contributed by atoms with E-state index in [1.54, 1.807) is 0 Å². The highest BCUT2D eigenvalue weighted by Crippen LogP contribution is 2.38. The molecule has 0 bridgehead atoms. The lowest BCUT2D eigenvalue weighted by atomic mass is 9.87. The molecule has 0 unspecified atom stereocenters. The maximum atomic E-state index is 12.8. The summed E-state index contributed by atoms with van der Waals surface area (Å²) in [5.41, 5.74) is 1.61. The Morgan fingerprint density at radius 2 is 1.88 bits per heavy atom. The van der Waals surface area contributed by atoms with Crippen LogP contribution in [0.4, 0.5) is 5.00 Å². The van der Waals surface area contributed by atoms with Gasteiger partial charge in [0.25, 0.3) is 0 Å². The number of carbonyl (C=O) groups excluding carboxylic acids is 2. The highest BCUT2D eigenvalue weighted by atomic mass is 32.2. The summed E-state index contributed by atoms with van der Waals surface area (Å²) in [4.78, 5) is 26.5. The number of ether oxygens (including phenoxy) is 1. The molecule has 0 radical (unpaired) electrons. The minimum Gasteiger partial charge on any atom is -0.465 e. The first-order valence-electron chi connectivity index (χ1n) is 12.2. The average molecular weight is 491 g/mol. The Labute approximate surface area is 204 Å². The Morgan fingerprint density at radius 3 is 2.64 bits per heavy atom. The number of methoxy groups -OCH3 is 1. The van der Waals surface area contributed by atoms with Gasteiger partial charge < -0.3 is 14.6 Å². The predicted molar refractivity (Wildman–Crippen MR) is 132 cm³/mol. The molecule has 0 spiro atoms. The van der Waals surface area contributed by atoms with E-state index in [4.69, 9.17) is 4.74 Å². The molecule has 0 aliphatic heterocycles. The molecular weight excluding hydrogens is 456 g/mol. The largest absolute Gasteiger partial charge is 0.465 e. The number of amides is 1. The van der Waals surface area contributed by atoms with Crippen molar-refractivity contribution in [1.29, 1.82) is 0 Å². The van der Waals surface area contributed by atoms with Crippen molar-refractivity contribution in [3.8, 4) is 0 Å². The number of nitrogens with one attached hydrogen (secondary N) is 1. The van der Waals surface area contributed by atoms with Crippen molar-refractivity contribution in [2.75, 3.05) is 18.2 Å². The van der Waals surface area contributed by atoms with Crippen molar-refractivity contribution in [2.24, 2.45) is 5.92 Å². The number of rotatable bonds is 8. The summed E-state index contributed by atoms with van der Waals surface area (Å²) in [5, 5.41) is 13.2. The van der Waals surface area contributed by atoms with Gasteiger partial charge in [0.05, 0.1) is 18.4 Å². The number of aryl methyl sites for hydroxylation is 1. The maximum Gasteiger partial charge on any atom is 0.341 e. The Hall–Kier alpha value is -1.87. The fourth-order valence-corrected chi connectivity index (χ4v) is 7.10. The second kappa shape index (κ2) is 11.5. The Morgan fingerprint density at radius 1 is 1.12 bits per heavy atom. The van der Waals surface area contributed by atoms with Crippen LogP contribution < -0.4 is 5.32 Å². The molecule has 33 heavy (non-hydrogen) atoms. The summed E-state index contributed by atoms with van der Waals surface area (Å²) < 4.78 is 7.18. The lowest BCUT2D eigenvalue weighted by Crippen LogP contribution is -2.17. The number of hydrogen-bond donors (Lipinski definition) is 1. The van der Waals surface area contributed by atoms with Gasteiger partial charge in [0.2, 0.25) is 5.91 Å². The Balaban J connectivity index is 1.41. The molecule has 1 N–H and O–H groups in total. The zero-order valence-electron chi connectivity index (χ0n) is 19.7. The van der Waals surface area contributed by atoms with Crippen LogP contribution in [-0.2, 0) is 35.3 Å². The van der Waals surface area contributed by atoms with Crippen molar-refractivity contribution in [3.63, 3.8) is 0 Å². The number of nitrogens with zero attached hydrogens (tertiary/aromatic N) is 3. The molecule has 2 aliphatic carbocycles. The van der Waals surface area contributed by atoms with Crippen LogP contribution in [0.2, 0.25) is 0 Å². The number of thioether (sulfide) groups is 1. The molecule has 2 aliphatic rings. The number of esters is 1. The van der Waals surface area contributed by atoms with Gasteiger partial charge in [-0.25, -0.2) is 4.79 Å². The van der Waals surface area contributed by atoms with Crippen LogP contribution in [0, 0.1) is 5.92 Å². The van der Waals surface area contributed by atoms with Crippen LogP contribution in [0.5, 0.6) is 0 Å². The summed E-state index contributed by atoms with van der Waals surface area (Å²) in [7, 11) is 1.40. The monoisotopic (exact) mass is 490 g/mol. The van der Waals surface area contributed by atoms with Crippen LogP contribution in [-0.4, -0.2) is 39.5 Å². The summed E-state index contributed by atoms with van der Waals surface area (Å²) in [5.74, 6) is 1.45. The second-order valence-corrected chi connectivity index (χ2v) is 11.0. The third-order valence-electron chi connectivity index (χ3n) is 6.70. The molecule has 1 saturated carbocycles. The van der Waals surface area contributed by atoms with Gasteiger partial charge in [0.15, 0.2) is 5.16 Å². The fraction of sp³-hybridized carbons (Fsp3) is 0.667. The number of thiophene rings is 1. The van der Waals surface area contributed by atoms with Gasteiger partial charge in [-0.3, -0.25) is 4.79 Å². The van der Waals surface area contributed by atoms with Gasteiger partial charge in [-0.2, -0.15) is 0 Å². The van der Waals surface area contributed by atoms with E-state index in [0.717, 1.165) is 55.2 Å². The molecule has 2 aromatic heterocycles. The van der Waals surface area contributed by atoms with Crippen LogP contribution in [0.15, 0.2) is 5.16 Å². The minimum absolute atomic E-state index is 0.138. The first-order chi connectivity index (χ1) is 16.1. The first-order valence-corrected chi connectivity index (χ1v) is 14.0. The number of anilines is 1. The van der Waals surface area contributed by atoms with Crippen molar-refractivity contribution in [3.05, 3.63) is 21.8 Å². The summed E-state index contributed by atoms with van der Waals surface area (Å²) in [6.07, 6.45) is 12.7. The van der Waals surface area contributed by atoms with E-state index in [-0.39, 0.29) is 17.6 Å². The molecule has 0 aromatic carbocycles. The summed E-state index contributed by atoms with van der Waals surface area (Å²) >= 11 is 2.93. The van der Waals surface area contributed by atoms with E-state index in [1.165, 1.54) is 73.6 Å². The van der Waals surface area contributed by atoms with E-state index >= 15 is 0 Å². The van der Waals surface area contributed by atoms with Crippen LogP contribution in [0.1, 0.15) is 84.9 Å². The molecule has 0 atom stereocenters. The third-order valence-corrected chi connectivity index (χ3v) is 8.88. The lowest BCUT2D eigenvalue weighted by Gasteiger charge is -2.21. The Kier molecular flexibility index (Phi) is 8.46. The van der Waals surface area contributed by atoms with Crippen LogP contribution in [0.3, 0.4) is 0 Å². The molecule has 0 saturated heterocycles. The molecule has 4 rings (SSSR count). The van der Waals surface area contributed by atoms with E-state index < -0.39 is 0 Å². The Bertz CT molecular complexity index is 979. The standard InChI is InChI=1S/C24H34N4O3S2/c1-3-28-19(14-16-10-6-4-7-11-16)26-27-24(28)32-15-20(29)25-22-21(23(30)31-2)17-12-8-5-9-13-18(17)33-22/h16H,3-15H2,1-2H3,(H,25,29). The van der Waals surface area contributed by atoms with Crippen molar-refractivity contribution in [1.82, 2.24) is 14.8 Å². The highest BCUT2D eigenvalue weighted by molar-refractivity contribution is 7.99. The smallest absolute Gasteiger partial charge is 0.341 e. The summed E-state index contributed by atoms with van der Waals surface area (Å²) in [6, 6.07) is 0. The molecule has 2 heterocycles. The fourth-order valence-electron chi connectivity index (χ4n) is 4.99.